The number of alkyl halides is 6. The van der Waals surface area contributed by atoms with Crippen LogP contribution in [0.2, 0.25) is 0 Å². The van der Waals surface area contributed by atoms with Gasteiger partial charge in [-0.1, -0.05) is 12.1 Å². The van der Waals surface area contributed by atoms with Crippen LogP contribution in [0.1, 0.15) is 12.5 Å². The monoisotopic (exact) mass is 516 g/mol. The molecule has 7 nitrogen and oxygen atoms in total. The Morgan fingerprint density at radius 3 is 2.06 bits per heavy atom. The highest BCUT2D eigenvalue weighted by Gasteiger charge is 2.71. The van der Waals surface area contributed by atoms with Gasteiger partial charge >= 0.3 is 12.4 Å². The summed E-state index contributed by atoms with van der Waals surface area (Å²) in [7, 11) is -3.88. The molecule has 1 atom stereocenters. The second-order valence-electron chi connectivity index (χ2n) is 7.35. The van der Waals surface area contributed by atoms with Crippen molar-refractivity contribution in [3.63, 3.8) is 0 Å². The summed E-state index contributed by atoms with van der Waals surface area (Å²) < 4.78 is 105. The van der Waals surface area contributed by atoms with E-state index in [-0.39, 0.29) is 47.8 Å². The van der Waals surface area contributed by atoms with Crippen molar-refractivity contribution in [1.29, 1.82) is 0 Å². The zero-order valence-electron chi connectivity index (χ0n) is 16.8. The molecular formula is C18H18F6N4O3S2. The van der Waals surface area contributed by atoms with Crippen molar-refractivity contribution in [2.75, 3.05) is 24.5 Å². The average molecular weight is 516 g/mol. The van der Waals surface area contributed by atoms with Crippen molar-refractivity contribution in [3.05, 3.63) is 42.2 Å². The van der Waals surface area contributed by atoms with Gasteiger partial charge in [0.2, 0.25) is 16.0 Å². The maximum atomic E-state index is 13.0. The first-order valence-electron chi connectivity index (χ1n) is 9.34. The molecule has 1 saturated heterocycles. The highest BCUT2D eigenvalue weighted by atomic mass is 32.2. The fraction of sp³-hybridized carbons (Fsp3) is 0.444. The highest BCUT2D eigenvalue weighted by Crippen LogP contribution is 2.49. The number of hydrogen-bond acceptors (Lipinski definition) is 7. The number of thiol groups is 1. The first-order valence-corrected chi connectivity index (χ1v) is 11.2. The summed E-state index contributed by atoms with van der Waals surface area (Å²) in [6.07, 6.45) is -11.6. The smallest absolute Gasteiger partial charge is 0.369 e. The number of hydrogen-bond donors (Lipinski definition) is 2. The van der Waals surface area contributed by atoms with Gasteiger partial charge in [-0.05, 0) is 19.1 Å². The minimum absolute atomic E-state index is 0.00757. The van der Waals surface area contributed by atoms with E-state index in [1.807, 2.05) is 0 Å². The predicted molar refractivity (Wildman–Crippen MR) is 107 cm³/mol. The van der Waals surface area contributed by atoms with Gasteiger partial charge in [-0.15, -0.1) is 12.6 Å². The number of aliphatic hydroxyl groups is 1. The summed E-state index contributed by atoms with van der Waals surface area (Å²) in [5.41, 5.74) is -6.71. The molecule has 182 valence electrons. The van der Waals surface area contributed by atoms with Gasteiger partial charge in [-0.2, -0.15) is 30.6 Å². The van der Waals surface area contributed by atoms with Crippen LogP contribution in [0.15, 0.2) is 46.5 Å². The van der Waals surface area contributed by atoms with Crippen molar-refractivity contribution >= 4 is 28.6 Å². The van der Waals surface area contributed by atoms with Gasteiger partial charge in [0.15, 0.2) is 0 Å². The maximum absolute atomic E-state index is 13.0. The lowest BCUT2D eigenvalue weighted by atomic mass is 9.95. The molecule has 2 aromatic rings. The first-order chi connectivity index (χ1) is 15.1. The molecule has 1 aromatic carbocycles. The fourth-order valence-electron chi connectivity index (χ4n) is 3.40. The predicted octanol–water partition coefficient (Wildman–Crippen LogP) is 2.98. The number of nitrogens with zero attached hydrogens (tertiary/aromatic N) is 4. The molecule has 0 bridgehead atoms. The molecule has 2 heterocycles. The van der Waals surface area contributed by atoms with Gasteiger partial charge in [0.05, 0.1) is 4.90 Å². The molecule has 3 rings (SSSR count). The Balaban J connectivity index is 1.82. The summed E-state index contributed by atoms with van der Waals surface area (Å²) in [4.78, 5) is 8.87. The number of aromatic nitrogens is 2. The number of benzene rings is 1. The number of piperazine rings is 1. The van der Waals surface area contributed by atoms with Gasteiger partial charge in [0.25, 0.3) is 5.60 Å². The van der Waals surface area contributed by atoms with Gasteiger partial charge in [-0.25, -0.2) is 18.4 Å². The molecule has 0 spiro atoms. The van der Waals surface area contributed by atoms with Crippen LogP contribution in [-0.4, -0.2) is 65.8 Å². The zero-order chi connectivity index (χ0) is 24.8. The summed E-state index contributed by atoms with van der Waals surface area (Å²) in [5, 5.41) is 9.44. The van der Waals surface area contributed by atoms with Crippen LogP contribution in [0.3, 0.4) is 0 Å². The van der Waals surface area contributed by atoms with Crippen molar-refractivity contribution in [1.82, 2.24) is 14.3 Å². The maximum Gasteiger partial charge on any atom is 0.430 e. The number of halogens is 6. The van der Waals surface area contributed by atoms with Crippen molar-refractivity contribution < 1.29 is 39.9 Å². The normalized spacial score (nSPS) is 19.1. The molecule has 1 aliphatic rings. The lowest BCUT2D eigenvalue weighted by molar-refractivity contribution is -0.376. The lowest BCUT2D eigenvalue weighted by Gasteiger charge is -2.39. The molecule has 0 saturated carbocycles. The largest absolute Gasteiger partial charge is 0.430 e. The standard InChI is InChI=1S/C18H18F6N4O3S2/c1-11-10-27(33(30,31)14-5-3-2-4-13(14)32)6-7-28(11)15-25-8-12(9-26-15)16(29,17(19,20)21)18(22,23)24/h2-5,8-9,11,29,32H,6-7,10H2,1H3/t11-/m0/s1. The highest BCUT2D eigenvalue weighted by molar-refractivity contribution is 7.90. The van der Waals surface area contributed by atoms with E-state index in [2.05, 4.69) is 22.6 Å². The van der Waals surface area contributed by atoms with Gasteiger partial charge in [0, 0.05) is 48.5 Å². The van der Waals surface area contributed by atoms with Gasteiger partial charge in [0.1, 0.15) is 0 Å². The van der Waals surface area contributed by atoms with Crippen molar-refractivity contribution in [2.24, 2.45) is 0 Å². The van der Waals surface area contributed by atoms with E-state index in [1.165, 1.54) is 21.3 Å². The number of rotatable bonds is 4. The van der Waals surface area contributed by atoms with E-state index < -0.39 is 39.6 Å². The third-order valence-corrected chi connectivity index (χ3v) is 7.67. The molecule has 0 aliphatic carbocycles. The molecule has 1 N–H and O–H groups in total. The summed E-state index contributed by atoms with van der Waals surface area (Å²) in [6.45, 7) is 1.56. The molecule has 0 amide bonds. The summed E-state index contributed by atoms with van der Waals surface area (Å²) in [6, 6.07) is 5.54. The molecule has 15 heteroatoms. The number of anilines is 1. The minimum atomic E-state index is -6.05. The SMILES string of the molecule is C[C@H]1CN(S(=O)(=O)c2ccccc2S)CCN1c1ncc(C(O)(C(F)(F)F)C(F)(F)F)cn1. The second kappa shape index (κ2) is 8.60. The topological polar surface area (TPSA) is 86.6 Å². The molecule has 1 aromatic heterocycles. The molecular weight excluding hydrogens is 498 g/mol. The fourth-order valence-corrected chi connectivity index (χ4v) is 5.50. The van der Waals surface area contributed by atoms with Gasteiger partial charge < -0.3 is 10.0 Å². The third kappa shape index (κ3) is 4.50. The van der Waals surface area contributed by atoms with Gasteiger partial charge in [-0.3, -0.25) is 0 Å². The Bertz CT molecular complexity index is 1100. The van der Waals surface area contributed by atoms with E-state index in [4.69, 9.17) is 0 Å². The Morgan fingerprint density at radius 2 is 1.58 bits per heavy atom. The Kier molecular flexibility index (Phi) is 6.65. The summed E-state index contributed by atoms with van der Waals surface area (Å²) in [5.74, 6) is -0.204. The van der Waals surface area contributed by atoms with Crippen LogP contribution in [0.4, 0.5) is 32.3 Å². The lowest BCUT2D eigenvalue weighted by Crippen LogP contribution is -2.55. The van der Waals surface area contributed by atoms with Crippen LogP contribution >= 0.6 is 12.6 Å². The van der Waals surface area contributed by atoms with Crippen molar-refractivity contribution in [3.8, 4) is 0 Å². The second-order valence-corrected chi connectivity index (χ2v) is 9.74. The molecule has 33 heavy (non-hydrogen) atoms. The minimum Gasteiger partial charge on any atom is -0.369 e. The molecule has 1 aliphatic heterocycles. The summed E-state index contributed by atoms with van der Waals surface area (Å²) >= 11 is 4.16. The Morgan fingerprint density at radius 1 is 1.03 bits per heavy atom. The van der Waals surface area contributed by atoms with E-state index in [0.29, 0.717) is 0 Å². The van der Waals surface area contributed by atoms with E-state index in [0.717, 1.165) is 0 Å². The molecule has 1 fully saturated rings. The number of sulfonamides is 1. The van der Waals surface area contributed by atoms with Crippen molar-refractivity contribution in [2.45, 2.75) is 40.7 Å². The van der Waals surface area contributed by atoms with E-state index >= 15 is 0 Å². The van der Waals surface area contributed by atoms with Crippen LogP contribution in [0.5, 0.6) is 0 Å². The third-order valence-electron chi connectivity index (χ3n) is 5.21. The van der Waals surface area contributed by atoms with Crippen LogP contribution < -0.4 is 4.90 Å². The first kappa shape index (κ1) is 25.5. The van der Waals surface area contributed by atoms with E-state index in [1.54, 1.807) is 19.1 Å². The quantitative estimate of drug-likeness (QED) is 0.480. The van der Waals surface area contributed by atoms with Crippen LogP contribution in [0.25, 0.3) is 0 Å². The average Bonchev–Trinajstić information content (AvgIpc) is 2.72. The Labute approximate surface area is 190 Å². The van der Waals surface area contributed by atoms with Crippen LogP contribution in [0, 0.1) is 0 Å². The Hall–Kier alpha value is -2.10. The zero-order valence-corrected chi connectivity index (χ0v) is 18.5. The van der Waals surface area contributed by atoms with E-state index in [9.17, 15) is 39.9 Å². The van der Waals surface area contributed by atoms with Crippen LogP contribution in [-0.2, 0) is 15.6 Å². The molecule has 0 unspecified atom stereocenters. The molecule has 0 radical (unpaired) electrons.